The number of aromatic nitrogens is 1. The molecule has 122 valence electrons. The van der Waals surface area contributed by atoms with Gasteiger partial charge in [-0.2, -0.15) is 5.26 Å². The lowest BCUT2D eigenvalue weighted by Gasteiger charge is -2.18. The molecule has 0 radical (unpaired) electrons. The van der Waals surface area contributed by atoms with E-state index in [-0.39, 0.29) is 11.0 Å². The fourth-order valence-electron chi connectivity index (χ4n) is 2.16. The molecule has 0 aliphatic carbocycles. The molecule has 2 aromatic rings. The Kier molecular flexibility index (Phi) is 5.49. The molecule has 1 amide bonds. The van der Waals surface area contributed by atoms with Crippen molar-refractivity contribution in [1.29, 1.82) is 5.26 Å². The van der Waals surface area contributed by atoms with Crippen molar-refractivity contribution in [2.24, 2.45) is 0 Å². The molecule has 0 unspecified atom stereocenters. The van der Waals surface area contributed by atoms with Gasteiger partial charge in [-0.1, -0.05) is 51.1 Å². The summed E-state index contributed by atoms with van der Waals surface area (Å²) in [6, 6.07) is 15.3. The normalized spacial score (nSPS) is 11.7. The van der Waals surface area contributed by atoms with Crippen molar-refractivity contribution in [3.8, 4) is 6.07 Å². The van der Waals surface area contributed by atoms with Gasteiger partial charge in [-0.25, -0.2) is 0 Å². The average Bonchev–Trinajstić information content (AvgIpc) is 2.58. The van der Waals surface area contributed by atoms with Crippen molar-refractivity contribution in [2.45, 2.75) is 32.7 Å². The van der Waals surface area contributed by atoms with E-state index in [4.69, 9.17) is 0 Å². The van der Waals surface area contributed by atoms with Crippen LogP contribution in [0.25, 0.3) is 6.08 Å². The number of nitriles is 1. The molecule has 4 nitrogen and oxygen atoms in total. The molecule has 0 fully saturated rings. The second-order valence-corrected chi connectivity index (χ2v) is 6.55. The van der Waals surface area contributed by atoms with Crippen LogP contribution in [0, 0.1) is 11.3 Å². The summed E-state index contributed by atoms with van der Waals surface area (Å²) in [5.41, 5.74) is 2.93. The van der Waals surface area contributed by atoms with Crippen LogP contribution >= 0.6 is 0 Å². The van der Waals surface area contributed by atoms with E-state index in [0.717, 1.165) is 11.3 Å². The van der Waals surface area contributed by atoms with Crippen LogP contribution in [0.15, 0.2) is 54.2 Å². The highest BCUT2D eigenvalue weighted by atomic mass is 16.1. The Bertz CT molecular complexity index is 763. The van der Waals surface area contributed by atoms with Crippen molar-refractivity contribution in [1.82, 2.24) is 10.3 Å². The summed E-state index contributed by atoms with van der Waals surface area (Å²) in [4.78, 5) is 16.3. The van der Waals surface area contributed by atoms with Crippen molar-refractivity contribution < 1.29 is 4.79 Å². The third-order valence-electron chi connectivity index (χ3n) is 3.61. The quantitative estimate of drug-likeness (QED) is 0.691. The molecule has 1 aromatic carbocycles. The number of amides is 1. The fourth-order valence-corrected chi connectivity index (χ4v) is 2.16. The standard InChI is InChI=1S/C20H21N3O/c1-20(2,3)17-9-7-15(8-10-17)12-16(13-21)19(24)23-14-18-6-4-5-11-22-18/h4-12H,14H2,1-3H3,(H,23,24)/b16-12-. The molecule has 1 aromatic heterocycles. The minimum absolute atomic E-state index is 0.0698. The third kappa shape index (κ3) is 4.79. The summed E-state index contributed by atoms with van der Waals surface area (Å²) in [5, 5.41) is 12.0. The molecule has 0 saturated carbocycles. The maximum Gasteiger partial charge on any atom is 0.262 e. The van der Waals surface area contributed by atoms with Crippen LogP contribution in [0.5, 0.6) is 0 Å². The number of benzene rings is 1. The molecule has 0 atom stereocenters. The summed E-state index contributed by atoms with van der Waals surface area (Å²) in [7, 11) is 0. The van der Waals surface area contributed by atoms with Crippen LogP contribution in [-0.4, -0.2) is 10.9 Å². The predicted octanol–water partition coefficient (Wildman–Crippen LogP) is 3.60. The van der Waals surface area contributed by atoms with Crippen LogP contribution in [0.4, 0.5) is 0 Å². The fraction of sp³-hybridized carbons (Fsp3) is 0.250. The van der Waals surface area contributed by atoms with Gasteiger partial charge in [-0.05, 0) is 34.8 Å². The average molecular weight is 319 g/mol. The van der Waals surface area contributed by atoms with E-state index in [1.807, 2.05) is 48.5 Å². The zero-order valence-electron chi connectivity index (χ0n) is 14.2. The summed E-state index contributed by atoms with van der Waals surface area (Å²) < 4.78 is 0. The lowest BCUT2D eigenvalue weighted by atomic mass is 9.86. The number of rotatable bonds is 4. The summed E-state index contributed by atoms with van der Waals surface area (Å²) in [5.74, 6) is -0.400. The maximum absolute atomic E-state index is 12.1. The Balaban J connectivity index is 2.08. The molecule has 4 heteroatoms. The van der Waals surface area contributed by atoms with Crippen LogP contribution in [0.3, 0.4) is 0 Å². The van der Waals surface area contributed by atoms with Crippen LogP contribution in [0.2, 0.25) is 0 Å². The van der Waals surface area contributed by atoms with Crippen molar-refractivity contribution in [3.05, 3.63) is 71.1 Å². The van der Waals surface area contributed by atoms with Gasteiger partial charge in [0.2, 0.25) is 0 Å². The molecule has 1 heterocycles. The Hall–Kier alpha value is -2.93. The van der Waals surface area contributed by atoms with Gasteiger partial charge in [0.25, 0.3) is 5.91 Å². The molecular weight excluding hydrogens is 298 g/mol. The second-order valence-electron chi connectivity index (χ2n) is 6.55. The Labute approximate surface area is 142 Å². The summed E-state index contributed by atoms with van der Waals surface area (Å²) in [6.07, 6.45) is 3.26. The topological polar surface area (TPSA) is 65.8 Å². The number of nitrogens with one attached hydrogen (secondary N) is 1. The minimum atomic E-state index is -0.400. The Morgan fingerprint density at radius 3 is 2.46 bits per heavy atom. The first-order chi connectivity index (χ1) is 11.4. The Morgan fingerprint density at radius 1 is 1.21 bits per heavy atom. The van der Waals surface area contributed by atoms with Crippen molar-refractivity contribution >= 4 is 12.0 Å². The van der Waals surface area contributed by atoms with Crippen LogP contribution in [0.1, 0.15) is 37.6 Å². The zero-order chi connectivity index (χ0) is 17.6. The molecule has 24 heavy (non-hydrogen) atoms. The number of carbonyl (C=O) groups excluding carboxylic acids is 1. The van der Waals surface area contributed by atoms with E-state index < -0.39 is 5.91 Å². The molecule has 0 spiro atoms. The first-order valence-corrected chi connectivity index (χ1v) is 7.80. The van der Waals surface area contributed by atoms with Crippen LogP contribution < -0.4 is 5.32 Å². The highest BCUT2D eigenvalue weighted by Gasteiger charge is 2.13. The summed E-state index contributed by atoms with van der Waals surface area (Å²) >= 11 is 0. The molecule has 0 saturated heterocycles. The van der Waals surface area contributed by atoms with E-state index in [9.17, 15) is 10.1 Å². The monoisotopic (exact) mass is 319 g/mol. The predicted molar refractivity (Wildman–Crippen MR) is 94.8 cm³/mol. The van der Waals surface area contributed by atoms with Gasteiger partial charge in [-0.15, -0.1) is 0 Å². The first kappa shape index (κ1) is 17.4. The number of pyridine rings is 1. The van der Waals surface area contributed by atoms with Gasteiger partial charge in [0.05, 0.1) is 12.2 Å². The van der Waals surface area contributed by atoms with Gasteiger partial charge in [0.1, 0.15) is 11.6 Å². The summed E-state index contributed by atoms with van der Waals surface area (Å²) in [6.45, 7) is 6.72. The molecular formula is C20H21N3O. The lowest BCUT2D eigenvalue weighted by Crippen LogP contribution is -2.24. The van der Waals surface area contributed by atoms with Crippen molar-refractivity contribution in [3.63, 3.8) is 0 Å². The molecule has 0 aliphatic heterocycles. The second kappa shape index (κ2) is 7.56. The smallest absolute Gasteiger partial charge is 0.262 e. The molecule has 0 aliphatic rings. The highest BCUT2D eigenvalue weighted by molar-refractivity contribution is 6.01. The van der Waals surface area contributed by atoms with Gasteiger partial charge < -0.3 is 5.32 Å². The maximum atomic E-state index is 12.1. The zero-order valence-corrected chi connectivity index (χ0v) is 14.2. The van der Waals surface area contributed by atoms with Crippen molar-refractivity contribution in [2.75, 3.05) is 0 Å². The van der Waals surface area contributed by atoms with Gasteiger partial charge in [0, 0.05) is 6.20 Å². The third-order valence-corrected chi connectivity index (χ3v) is 3.61. The lowest BCUT2D eigenvalue weighted by molar-refractivity contribution is -0.117. The first-order valence-electron chi connectivity index (χ1n) is 7.80. The highest BCUT2D eigenvalue weighted by Crippen LogP contribution is 2.22. The Morgan fingerprint density at radius 2 is 1.92 bits per heavy atom. The number of hydrogen-bond acceptors (Lipinski definition) is 3. The largest absolute Gasteiger partial charge is 0.346 e. The van der Waals surface area contributed by atoms with E-state index in [2.05, 4.69) is 31.1 Å². The van der Waals surface area contributed by atoms with E-state index in [0.29, 0.717) is 6.54 Å². The molecule has 0 bridgehead atoms. The number of nitrogens with zero attached hydrogens (tertiary/aromatic N) is 2. The van der Waals surface area contributed by atoms with E-state index in [1.165, 1.54) is 5.56 Å². The van der Waals surface area contributed by atoms with Gasteiger partial charge in [0.15, 0.2) is 0 Å². The van der Waals surface area contributed by atoms with E-state index >= 15 is 0 Å². The van der Waals surface area contributed by atoms with Gasteiger partial charge >= 0.3 is 0 Å². The number of carbonyl (C=O) groups is 1. The molecule has 2 rings (SSSR count). The minimum Gasteiger partial charge on any atom is -0.346 e. The number of hydrogen-bond donors (Lipinski definition) is 1. The van der Waals surface area contributed by atoms with Crippen LogP contribution in [-0.2, 0) is 16.8 Å². The molecule has 1 N–H and O–H groups in total. The SMILES string of the molecule is CC(C)(C)c1ccc(/C=C(/C#N)C(=O)NCc2ccccn2)cc1. The van der Waals surface area contributed by atoms with E-state index in [1.54, 1.807) is 12.3 Å². The van der Waals surface area contributed by atoms with Gasteiger partial charge in [-0.3, -0.25) is 9.78 Å².